The molecule has 6 atom stereocenters. The van der Waals surface area contributed by atoms with E-state index < -0.39 is 64.4 Å². The van der Waals surface area contributed by atoms with Crippen molar-refractivity contribution in [2.75, 3.05) is 51.1 Å². The first-order chi connectivity index (χ1) is 35.2. The minimum atomic E-state index is -2.04. The van der Waals surface area contributed by atoms with Crippen LogP contribution in [0.2, 0.25) is 0 Å². The number of aliphatic hydroxyl groups excluding tert-OH is 1. The molecule has 0 aliphatic carbocycles. The number of nitro benzene ring substituents is 1. The predicted octanol–water partition coefficient (Wildman–Crippen LogP) is 7.04. The Hall–Kier alpha value is -8.12. The highest BCUT2D eigenvalue weighted by molar-refractivity contribution is 6.23. The summed E-state index contributed by atoms with van der Waals surface area (Å²) in [6, 6.07) is 40.5. The summed E-state index contributed by atoms with van der Waals surface area (Å²) in [6.45, 7) is 1.39. The SMILES string of the molecule is O=C1OC(c2ccccc2)C(c2ccccc2)N2C1C(C(=O)N1CCN(Cc3ccc4c(c3)OCO4)CC1)C1(C(=O)N(C(=O)OCc3ccc([N+](=O)[O-])cc3)c3ccccc31)C2c1ccccc1OCCO. The zero-order valence-electron chi connectivity index (χ0n) is 38.9. The maximum atomic E-state index is 16.5. The smallest absolute Gasteiger partial charge is 0.421 e. The summed E-state index contributed by atoms with van der Waals surface area (Å²) >= 11 is 0. The van der Waals surface area contributed by atoms with E-state index in [4.69, 9.17) is 23.7 Å². The third-order valence-electron chi connectivity index (χ3n) is 14.4. The van der Waals surface area contributed by atoms with Crippen molar-refractivity contribution >= 4 is 35.3 Å². The third kappa shape index (κ3) is 7.95. The zero-order valence-corrected chi connectivity index (χ0v) is 38.9. The quantitative estimate of drug-likeness (QED) is 0.0746. The number of hydrogen-bond acceptors (Lipinski definition) is 14. The van der Waals surface area contributed by atoms with E-state index in [1.807, 2.05) is 83.8 Å². The molecule has 3 amide bonds. The van der Waals surface area contributed by atoms with Crippen molar-refractivity contribution in [2.45, 2.75) is 42.8 Å². The van der Waals surface area contributed by atoms with E-state index in [2.05, 4.69) is 4.90 Å². The minimum Gasteiger partial charge on any atom is -0.491 e. The van der Waals surface area contributed by atoms with Crippen LogP contribution in [0.4, 0.5) is 16.2 Å². The molecule has 0 bridgehead atoms. The van der Waals surface area contributed by atoms with Crippen molar-refractivity contribution in [2.24, 2.45) is 5.92 Å². The van der Waals surface area contributed by atoms with E-state index in [9.17, 15) is 20.0 Å². The van der Waals surface area contributed by atoms with Gasteiger partial charge >= 0.3 is 12.1 Å². The molecule has 6 aromatic carbocycles. The molecular weight excluding hydrogens is 923 g/mol. The molecule has 366 valence electrons. The molecule has 5 aliphatic heterocycles. The number of piperazine rings is 1. The Balaban J connectivity index is 1.07. The lowest BCUT2D eigenvalue weighted by Gasteiger charge is -2.46. The second-order valence-corrected chi connectivity index (χ2v) is 18.3. The molecular formula is C55H49N5O12. The average molecular weight is 972 g/mol. The molecule has 72 heavy (non-hydrogen) atoms. The fourth-order valence-electron chi connectivity index (χ4n) is 11.3. The number of carbonyl (C=O) groups excluding carboxylic acids is 4. The Labute approximate surface area is 413 Å². The maximum Gasteiger partial charge on any atom is 0.421 e. The summed E-state index contributed by atoms with van der Waals surface area (Å²) in [5, 5.41) is 21.5. The number of nitro groups is 1. The van der Waals surface area contributed by atoms with Crippen molar-refractivity contribution in [1.29, 1.82) is 0 Å². The molecule has 6 unspecified atom stereocenters. The number of morpholine rings is 1. The number of fused-ring (bicyclic) bond motifs is 4. The van der Waals surface area contributed by atoms with E-state index in [0.717, 1.165) is 16.0 Å². The summed E-state index contributed by atoms with van der Waals surface area (Å²) in [5.74, 6) is -1.85. The molecule has 1 spiro atoms. The van der Waals surface area contributed by atoms with Gasteiger partial charge in [0.2, 0.25) is 18.6 Å². The monoisotopic (exact) mass is 971 g/mol. The molecule has 1 N–H and O–H groups in total. The second-order valence-electron chi connectivity index (χ2n) is 18.3. The number of ether oxygens (including phenoxy) is 5. The predicted molar refractivity (Wildman–Crippen MR) is 259 cm³/mol. The van der Waals surface area contributed by atoms with Gasteiger partial charge in [-0.2, -0.15) is 0 Å². The first kappa shape index (κ1) is 46.3. The van der Waals surface area contributed by atoms with Gasteiger partial charge in [-0.25, -0.2) is 9.69 Å². The van der Waals surface area contributed by atoms with Gasteiger partial charge in [0.05, 0.1) is 35.2 Å². The number of rotatable bonds is 12. The van der Waals surface area contributed by atoms with Crippen LogP contribution in [0, 0.1) is 16.0 Å². The lowest BCUT2D eigenvalue weighted by atomic mass is 9.65. The van der Waals surface area contributed by atoms with E-state index >= 15 is 14.4 Å². The molecule has 17 nitrogen and oxygen atoms in total. The van der Waals surface area contributed by atoms with Crippen LogP contribution < -0.4 is 19.1 Å². The van der Waals surface area contributed by atoms with Gasteiger partial charge in [0.15, 0.2) is 11.5 Å². The first-order valence-electron chi connectivity index (χ1n) is 23.8. The molecule has 5 heterocycles. The molecule has 0 aromatic heterocycles. The van der Waals surface area contributed by atoms with Crippen molar-refractivity contribution in [3.05, 3.63) is 195 Å². The highest BCUT2D eigenvalue weighted by atomic mass is 16.7. The Bertz CT molecular complexity index is 3040. The fourth-order valence-corrected chi connectivity index (χ4v) is 11.3. The topological polar surface area (TPSA) is 191 Å². The van der Waals surface area contributed by atoms with E-state index in [-0.39, 0.29) is 51.1 Å². The van der Waals surface area contributed by atoms with Crippen LogP contribution in [-0.4, -0.2) is 101 Å². The Morgan fingerprint density at radius 2 is 1.42 bits per heavy atom. The van der Waals surface area contributed by atoms with E-state index in [1.54, 1.807) is 53.4 Å². The molecule has 5 aliphatic rings. The summed E-state index contributed by atoms with van der Waals surface area (Å²) in [5.41, 5.74) is 1.58. The van der Waals surface area contributed by atoms with Crippen LogP contribution in [0.15, 0.2) is 152 Å². The van der Waals surface area contributed by atoms with Gasteiger partial charge in [-0.15, -0.1) is 0 Å². The lowest BCUT2D eigenvalue weighted by Crippen LogP contribution is -2.59. The molecule has 0 saturated carbocycles. The molecule has 3 fully saturated rings. The minimum absolute atomic E-state index is 0.110. The molecule has 6 aromatic rings. The number of benzene rings is 6. The number of cyclic esters (lactones) is 1. The van der Waals surface area contributed by atoms with E-state index in [0.29, 0.717) is 59.1 Å². The Kier molecular flexibility index (Phi) is 12.4. The van der Waals surface area contributed by atoms with Crippen LogP contribution in [0.1, 0.15) is 51.6 Å². The van der Waals surface area contributed by atoms with Crippen LogP contribution in [0.3, 0.4) is 0 Å². The molecule has 0 radical (unpaired) electrons. The summed E-state index contributed by atoms with van der Waals surface area (Å²) in [7, 11) is 0. The van der Waals surface area contributed by atoms with Crippen molar-refractivity contribution in [3.8, 4) is 17.2 Å². The summed E-state index contributed by atoms with van der Waals surface area (Å²) < 4.78 is 30.0. The van der Waals surface area contributed by atoms with Crippen molar-refractivity contribution in [1.82, 2.24) is 14.7 Å². The Morgan fingerprint density at radius 3 is 2.15 bits per heavy atom. The number of non-ortho nitro benzene ring substituents is 1. The van der Waals surface area contributed by atoms with Crippen molar-refractivity contribution < 1.29 is 52.9 Å². The highest BCUT2D eigenvalue weighted by Gasteiger charge is 2.76. The third-order valence-corrected chi connectivity index (χ3v) is 14.4. The van der Waals surface area contributed by atoms with Gasteiger partial charge in [0.25, 0.3) is 5.69 Å². The first-order valence-corrected chi connectivity index (χ1v) is 23.8. The van der Waals surface area contributed by atoms with Gasteiger partial charge in [-0.05, 0) is 64.2 Å². The molecule has 17 heteroatoms. The Morgan fingerprint density at radius 1 is 0.750 bits per heavy atom. The second kappa shape index (κ2) is 19.2. The van der Waals surface area contributed by atoms with Crippen LogP contribution >= 0.6 is 0 Å². The van der Waals surface area contributed by atoms with Gasteiger partial charge in [-0.1, -0.05) is 103 Å². The van der Waals surface area contributed by atoms with Gasteiger partial charge in [0.1, 0.15) is 36.5 Å². The summed E-state index contributed by atoms with van der Waals surface area (Å²) in [6.07, 6.45) is -1.99. The molecule has 3 saturated heterocycles. The standard InChI is InChI=1S/C55H49N5O12/c61-29-30-68-43-18-10-7-15-40(43)50-55(41-16-8-9-17-42(41)58(53(55)64)54(65)69-33-35-19-22-39(23-20-35)60(66)67)46(51(62)57-27-25-56(26-28-57)32-36-21-24-44-45(31-36)71-34-70-44)48-52(63)72-49(38-13-5-2-6-14-38)47(59(48)50)37-11-3-1-4-12-37/h1-24,31,46-50,61H,25-30,32-34H2. The number of para-hydroxylation sites is 2. The maximum absolute atomic E-state index is 16.5. The van der Waals surface area contributed by atoms with E-state index in [1.165, 1.54) is 24.3 Å². The normalized spacial score (nSPS) is 23.4. The number of nitrogens with zero attached hydrogens (tertiary/aromatic N) is 5. The van der Waals surface area contributed by atoms with Gasteiger partial charge < -0.3 is 33.7 Å². The number of carbonyl (C=O) groups is 4. The summed E-state index contributed by atoms with van der Waals surface area (Å²) in [4.78, 5) is 80.8. The van der Waals surface area contributed by atoms with Gasteiger partial charge in [0, 0.05) is 50.4 Å². The number of imide groups is 1. The number of aliphatic hydroxyl groups is 1. The molecule has 11 rings (SSSR count). The van der Waals surface area contributed by atoms with Crippen LogP contribution in [-0.2, 0) is 42.4 Å². The number of amides is 3. The average Bonchev–Trinajstić information content (AvgIpc) is 4.09. The van der Waals surface area contributed by atoms with Gasteiger partial charge in [-0.3, -0.25) is 34.3 Å². The van der Waals surface area contributed by atoms with Crippen LogP contribution in [0.25, 0.3) is 0 Å². The largest absolute Gasteiger partial charge is 0.491 e. The number of esters is 1. The number of hydrogen-bond donors (Lipinski definition) is 1. The zero-order chi connectivity index (χ0) is 49.5. The van der Waals surface area contributed by atoms with Crippen LogP contribution in [0.5, 0.6) is 17.2 Å². The fraction of sp³-hybridized carbons (Fsp3) is 0.273. The lowest BCUT2D eigenvalue weighted by molar-refractivity contribution is -0.384. The van der Waals surface area contributed by atoms with Crippen molar-refractivity contribution in [3.63, 3.8) is 0 Å². The number of anilines is 1. The highest BCUT2D eigenvalue weighted by Crippen LogP contribution is 2.67.